The van der Waals surface area contributed by atoms with Gasteiger partial charge in [0.1, 0.15) is 12.1 Å². The van der Waals surface area contributed by atoms with Gasteiger partial charge in [0.25, 0.3) is 11.8 Å². The fourth-order valence-corrected chi connectivity index (χ4v) is 2.33. The van der Waals surface area contributed by atoms with Crippen LogP contribution in [0.1, 0.15) is 32.6 Å². The predicted molar refractivity (Wildman–Crippen MR) is 78.4 cm³/mol. The zero-order chi connectivity index (χ0) is 16.3. The third-order valence-electron chi connectivity index (χ3n) is 3.78. The second kappa shape index (κ2) is 6.78. The minimum absolute atomic E-state index is 0.176. The normalized spacial score (nSPS) is 21.8. The molecule has 0 radical (unpaired) electrons. The number of hydrogen-bond acceptors (Lipinski definition) is 5. The number of likely N-dealkylation sites (N-methyl/N-ethyl adjacent to an activating group) is 1. The maximum atomic E-state index is 12.3. The molecule has 0 aromatic carbocycles. The van der Waals surface area contributed by atoms with E-state index in [1.165, 1.54) is 5.01 Å². The highest BCUT2D eigenvalue weighted by Crippen LogP contribution is 2.30. The number of aliphatic hydroxyl groups is 1. The second-order valence-electron chi connectivity index (χ2n) is 5.58. The van der Waals surface area contributed by atoms with Crippen LogP contribution in [0.3, 0.4) is 0 Å². The summed E-state index contributed by atoms with van der Waals surface area (Å²) in [4.78, 5) is 35.7. The lowest BCUT2D eigenvalue weighted by molar-refractivity contribution is -0.142. The average Bonchev–Trinajstić information content (AvgIpc) is 3.37. The lowest BCUT2D eigenvalue weighted by atomic mass is 10.1. The Balaban J connectivity index is 1.91. The standard InChI is InChI=1S/C14H22N4O4/c1-8(16-13(21)11(19)9-5-6-9)14(22)18-7-3-4-10(17-18)12(20)15-2/h8,10,17,19H,3-7H2,1-2H3,(H,15,20)(H,16,21)/t8-,10-/m0/s1. The van der Waals surface area contributed by atoms with E-state index in [1.807, 2.05) is 0 Å². The number of nitrogens with zero attached hydrogens (tertiary/aromatic N) is 1. The molecule has 2 rings (SSSR count). The van der Waals surface area contributed by atoms with Crippen molar-refractivity contribution in [1.29, 1.82) is 0 Å². The van der Waals surface area contributed by atoms with Crippen molar-refractivity contribution in [2.24, 2.45) is 0 Å². The van der Waals surface area contributed by atoms with Crippen molar-refractivity contribution in [3.8, 4) is 0 Å². The molecule has 0 aromatic heterocycles. The van der Waals surface area contributed by atoms with Crippen LogP contribution in [0, 0.1) is 0 Å². The van der Waals surface area contributed by atoms with Gasteiger partial charge in [0, 0.05) is 13.6 Å². The monoisotopic (exact) mass is 310 g/mol. The van der Waals surface area contributed by atoms with E-state index in [9.17, 15) is 19.5 Å². The molecule has 4 N–H and O–H groups in total. The molecule has 1 saturated heterocycles. The van der Waals surface area contributed by atoms with Crippen LogP contribution in [0.15, 0.2) is 11.3 Å². The van der Waals surface area contributed by atoms with E-state index in [0.717, 1.165) is 12.8 Å². The molecule has 2 aliphatic rings. The first-order valence-corrected chi connectivity index (χ1v) is 7.45. The summed E-state index contributed by atoms with van der Waals surface area (Å²) in [6.45, 7) is 2.02. The van der Waals surface area contributed by atoms with Crippen molar-refractivity contribution in [3.63, 3.8) is 0 Å². The molecule has 1 aliphatic heterocycles. The van der Waals surface area contributed by atoms with E-state index in [0.29, 0.717) is 25.0 Å². The maximum Gasteiger partial charge on any atom is 0.286 e. The van der Waals surface area contributed by atoms with Crippen molar-refractivity contribution in [2.45, 2.75) is 44.7 Å². The van der Waals surface area contributed by atoms with E-state index in [4.69, 9.17) is 0 Å². The Morgan fingerprint density at radius 1 is 1.36 bits per heavy atom. The summed E-state index contributed by atoms with van der Waals surface area (Å²) in [6, 6.07) is -1.24. The molecule has 3 amide bonds. The summed E-state index contributed by atoms with van der Waals surface area (Å²) < 4.78 is 0. The molecule has 0 unspecified atom stereocenters. The minimum atomic E-state index is -0.787. The Kier molecular flexibility index (Phi) is 5.02. The Hall–Kier alpha value is -2.09. The fourth-order valence-electron chi connectivity index (χ4n) is 2.33. The topological polar surface area (TPSA) is 111 Å². The van der Waals surface area contributed by atoms with Crippen LogP contribution in [0.4, 0.5) is 0 Å². The molecule has 8 heteroatoms. The molecule has 0 bridgehead atoms. The molecule has 0 aromatic rings. The van der Waals surface area contributed by atoms with E-state index in [2.05, 4.69) is 16.1 Å². The number of hydrogen-bond donors (Lipinski definition) is 4. The zero-order valence-corrected chi connectivity index (χ0v) is 12.8. The summed E-state index contributed by atoms with van der Waals surface area (Å²) in [5.74, 6) is -1.43. The third kappa shape index (κ3) is 3.76. The fraction of sp³-hybridized carbons (Fsp3) is 0.643. The van der Waals surface area contributed by atoms with Crippen LogP contribution in [0.5, 0.6) is 0 Å². The van der Waals surface area contributed by atoms with Gasteiger partial charge >= 0.3 is 0 Å². The van der Waals surface area contributed by atoms with Crippen LogP contribution < -0.4 is 16.1 Å². The highest BCUT2D eigenvalue weighted by molar-refractivity contribution is 5.96. The predicted octanol–water partition coefficient (Wildman–Crippen LogP) is -0.661. The van der Waals surface area contributed by atoms with E-state index in [1.54, 1.807) is 14.0 Å². The number of carbonyl (C=O) groups excluding carboxylic acids is 3. The lowest BCUT2D eigenvalue weighted by Crippen LogP contribution is -2.60. The second-order valence-corrected chi connectivity index (χ2v) is 5.58. The van der Waals surface area contributed by atoms with Gasteiger partial charge < -0.3 is 15.7 Å². The summed E-state index contributed by atoms with van der Waals surface area (Å²) in [7, 11) is 1.54. The first kappa shape index (κ1) is 16.3. The summed E-state index contributed by atoms with van der Waals surface area (Å²) in [5.41, 5.74) is 3.58. The zero-order valence-electron chi connectivity index (χ0n) is 12.8. The lowest BCUT2D eigenvalue weighted by Gasteiger charge is -2.34. The van der Waals surface area contributed by atoms with Gasteiger partial charge in [0.05, 0.1) is 0 Å². The molecule has 1 saturated carbocycles. The van der Waals surface area contributed by atoms with Gasteiger partial charge in [-0.25, -0.2) is 5.43 Å². The van der Waals surface area contributed by atoms with Gasteiger partial charge in [-0.1, -0.05) is 0 Å². The molecule has 1 aliphatic carbocycles. The number of allylic oxidation sites excluding steroid dienone is 1. The van der Waals surface area contributed by atoms with Gasteiger partial charge in [0.15, 0.2) is 5.76 Å². The summed E-state index contributed by atoms with van der Waals surface area (Å²) >= 11 is 0. The first-order valence-electron chi connectivity index (χ1n) is 7.45. The molecule has 2 fully saturated rings. The molecule has 122 valence electrons. The van der Waals surface area contributed by atoms with Gasteiger partial charge in [0.2, 0.25) is 5.91 Å². The van der Waals surface area contributed by atoms with E-state index in [-0.39, 0.29) is 17.6 Å². The molecule has 1 heterocycles. The van der Waals surface area contributed by atoms with Gasteiger partial charge in [-0.15, -0.1) is 0 Å². The Bertz CT molecular complexity index is 511. The van der Waals surface area contributed by atoms with Crippen molar-refractivity contribution >= 4 is 17.7 Å². The molecular formula is C14H22N4O4. The quantitative estimate of drug-likeness (QED) is 0.407. The van der Waals surface area contributed by atoms with Crippen molar-refractivity contribution in [3.05, 3.63) is 11.3 Å². The van der Waals surface area contributed by atoms with Crippen LogP contribution in [-0.4, -0.2) is 53.5 Å². The van der Waals surface area contributed by atoms with Gasteiger partial charge in [-0.2, -0.15) is 0 Å². The van der Waals surface area contributed by atoms with Gasteiger partial charge in [-0.3, -0.25) is 19.4 Å². The van der Waals surface area contributed by atoms with E-state index >= 15 is 0 Å². The summed E-state index contributed by atoms with van der Waals surface area (Å²) in [5, 5.41) is 16.0. The SMILES string of the molecule is CNC(=O)[C@@H]1CCCN(C(=O)[C@H](C)NC(=O)C(O)=C2CC2)N1. The van der Waals surface area contributed by atoms with Crippen molar-refractivity contribution < 1.29 is 19.5 Å². The number of carbonyl (C=O) groups is 3. The Morgan fingerprint density at radius 2 is 2.05 bits per heavy atom. The van der Waals surface area contributed by atoms with Crippen LogP contribution in [0.2, 0.25) is 0 Å². The number of nitrogens with one attached hydrogen (secondary N) is 3. The Labute approximate surface area is 128 Å². The van der Waals surface area contributed by atoms with Crippen LogP contribution >= 0.6 is 0 Å². The van der Waals surface area contributed by atoms with Crippen LogP contribution in [0.25, 0.3) is 0 Å². The molecule has 22 heavy (non-hydrogen) atoms. The summed E-state index contributed by atoms with van der Waals surface area (Å²) in [6.07, 6.45) is 2.80. The highest BCUT2D eigenvalue weighted by atomic mass is 16.3. The molecular weight excluding hydrogens is 288 g/mol. The number of rotatable bonds is 4. The maximum absolute atomic E-state index is 12.3. The Morgan fingerprint density at radius 3 is 2.64 bits per heavy atom. The van der Waals surface area contributed by atoms with Crippen molar-refractivity contribution in [1.82, 2.24) is 21.1 Å². The van der Waals surface area contributed by atoms with Crippen LogP contribution in [-0.2, 0) is 14.4 Å². The number of aliphatic hydroxyl groups excluding tert-OH is 1. The smallest absolute Gasteiger partial charge is 0.286 e. The average molecular weight is 310 g/mol. The first-order chi connectivity index (χ1) is 10.4. The van der Waals surface area contributed by atoms with Crippen molar-refractivity contribution in [2.75, 3.05) is 13.6 Å². The highest BCUT2D eigenvalue weighted by Gasteiger charge is 2.31. The minimum Gasteiger partial charge on any atom is -0.503 e. The molecule has 2 atom stereocenters. The third-order valence-corrected chi connectivity index (χ3v) is 3.78. The largest absolute Gasteiger partial charge is 0.503 e. The van der Waals surface area contributed by atoms with Gasteiger partial charge in [-0.05, 0) is 38.2 Å². The number of hydrazine groups is 1. The molecule has 8 nitrogen and oxygen atoms in total. The number of amides is 3. The molecule has 0 spiro atoms. The van der Waals surface area contributed by atoms with E-state index < -0.39 is 18.0 Å².